The first-order valence-corrected chi connectivity index (χ1v) is 10.2. The zero-order valence-electron chi connectivity index (χ0n) is 17.7. The number of furan rings is 1. The third kappa shape index (κ3) is 4.53. The zero-order valence-corrected chi connectivity index (χ0v) is 17.7. The standard InChI is InChI=1S/C25H24N2O4/c1-4-29-19-10-12-22-18(13-19)14-24(31-22)25(28)27-26-15-21-20-8-6-5-7-17(20)9-11-23(21)30-16(2)3/h5-16H,4H2,1-3H3,(H,27,28)/b26-15+. The lowest BCUT2D eigenvalue weighted by atomic mass is 10.0. The fourth-order valence-electron chi connectivity index (χ4n) is 3.37. The average Bonchev–Trinajstić information content (AvgIpc) is 3.18. The number of carbonyl (C=O) groups excluding carboxylic acids is 1. The van der Waals surface area contributed by atoms with Crippen molar-refractivity contribution in [2.75, 3.05) is 6.61 Å². The molecule has 4 aromatic rings. The van der Waals surface area contributed by atoms with Crippen molar-refractivity contribution >= 4 is 33.9 Å². The summed E-state index contributed by atoms with van der Waals surface area (Å²) in [6, 6.07) is 19.0. The Bertz CT molecular complexity index is 1260. The van der Waals surface area contributed by atoms with Gasteiger partial charge < -0.3 is 13.9 Å². The van der Waals surface area contributed by atoms with Gasteiger partial charge in [-0.2, -0.15) is 5.10 Å². The number of hydrazone groups is 1. The third-order valence-corrected chi connectivity index (χ3v) is 4.68. The summed E-state index contributed by atoms with van der Waals surface area (Å²) in [5.74, 6) is 1.18. The molecule has 1 heterocycles. The summed E-state index contributed by atoms with van der Waals surface area (Å²) in [6.07, 6.45) is 1.62. The Balaban J connectivity index is 1.57. The van der Waals surface area contributed by atoms with Crippen LogP contribution in [0.3, 0.4) is 0 Å². The van der Waals surface area contributed by atoms with Gasteiger partial charge in [0.1, 0.15) is 17.1 Å². The van der Waals surface area contributed by atoms with E-state index in [-0.39, 0.29) is 11.9 Å². The highest BCUT2D eigenvalue weighted by molar-refractivity contribution is 6.03. The van der Waals surface area contributed by atoms with Gasteiger partial charge in [0, 0.05) is 10.9 Å². The second-order valence-electron chi connectivity index (χ2n) is 7.31. The lowest BCUT2D eigenvalue weighted by Crippen LogP contribution is -2.17. The number of nitrogens with one attached hydrogen (secondary N) is 1. The van der Waals surface area contributed by atoms with Crippen molar-refractivity contribution in [1.82, 2.24) is 5.43 Å². The van der Waals surface area contributed by atoms with Gasteiger partial charge in [-0.15, -0.1) is 0 Å². The van der Waals surface area contributed by atoms with Crippen LogP contribution in [-0.4, -0.2) is 24.8 Å². The van der Waals surface area contributed by atoms with Crippen molar-refractivity contribution in [2.45, 2.75) is 26.9 Å². The molecule has 0 bridgehead atoms. The molecule has 1 N–H and O–H groups in total. The van der Waals surface area contributed by atoms with Crippen molar-refractivity contribution in [2.24, 2.45) is 5.10 Å². The molecule has 31 heavy (non-hydrogen) atoms. The lowest BCUT2D eigenvalue weighted by Gasteiger charge is -2.14. The van der Waals surface area contributed by atoms with Crippen molar-refractivity contribution < 1.29 is 18.7 Å². The number of hydrogen-bond donors (Lipinski definition) is 1. The Labute approximate surface area is 180 Å². The number of carbonyl (C=O) groups is 1. The van der Waals surface area contributed by atoms with E-state index in [0.717, 1.165) is 27.5 Å². The number of fused-ring (bicyclic) bond motifs is 2. The topological polar surface area (TPSA) is 73.1 Å². The van der Waals surface area contributed by atoms with E-state index in [1.54, 1.807) is 18.3 Å². The van der Waals surface area contributed by atoms with Gasteiger partial charge in [-0.25, -0.2) is 5.43 Å². The molecular formula is C25H24N2O4. The van der Waals surface area contributed by atoms with E-state index in [1.165, 1.54) is 0 Å². The molecule has 4 rings (SSSR count). The number of benzene rings is 3. The van der Waals surface area contributed by atoms with Crippen LogP contribution >= 0.6 is 0 Å². The number of hydrogen-bond acceptors (Lipinski definition) is 5. The molecule has 0 saturated heterocycles. The third-order valence-electron chi connectivity index (χ3n) is 4.68. The van der Waals surface area contributed by atoms with Crippen LogP contribution in [-0.2, 0) is 0 Å². The largest absolute Gasteiger partial charge is 0.494 e. The summed E-state index contributed by atoms with van der Waals surface area (Å²) >= 11 is 0. The van der Waals surface area contributed by atoms with Gasteiger partial charge in [0.2, 0.25) is 0 Å². The average molecular weight is 416 g/mol. The van der Waals surface area contributed by atoms with Crippen molar-refractivity contribution in [3.05, 3.63) is 72.0 Å². The Kier molecular flexibility index (Phi) is 5.89. The summed E-state index contributed by atoms with van der Waals surface area (Å²) < 4.78 is 17.1. The highest BCUT2D eigenvalue weighted by Gasteiger charge is 2.13. The number of nitrogens with zero attached hydrogens (tertiary/aromatic N) is 1. The van der Waals surface area contributed by atoms with Crippen LogP contribution in [0, 0.1) is 0 Å². The molecule has 0 aliphatic carbocycles. The van der Waals surface area contributed by atoms with Gasteiger partial charge in [-0.3, -0.25) is 4.79 Å². The molecule has 0 saturated carbocycles. The van der Waals surface area contributed by atoms with E-state index in [0.29, 0.717) is 17.9 Å². The number of ether oxygens (including phenoxy) is 2. The summed E-state index contributed by atoms with van der Waals surface area (Å²) in [4.78, 5) is 12.6. The second kappa shape index (κ2) is 8.92. The Morgan fingerprint density at radius 2 is 1.94 bits per heavy atom. The minimum absolute atomic E-state index is 0.0139. The first kappa shape index (κ1) is 20.5. The highest BCUT2D eigenvalue weighted by Crippen LogP contribution is 2.28. The van der Waals surface area contributed by atoms with Crippen LogP contribution in [0.25, 0.3) is 21.7 Å². The van der Waals surface area contributed by atoms with Crippen molar-refractivity contribution in [3.63, 3.8) is 0 Å². The molecule has 6 nitrogen and oxygen atoms in total. The molecule has 6 heteroatoms. The van der Waals surface area contributed by atoms with Crippen LogP contribution in [0.15, 0.2) is 70.2 Å². The second-order valence-corrected chi connectivity index (χ2v) is 7.31. The smallest absolute Gasteiger partial charge is 0.307 e. The maximum absolute atomic E-state index is 12.6. The molecule has 1 amide bonds. The Morgan fingerprint density at radius 3 is 2.74 bits per heavy atom. The number of rotatable bonds is 7. The molecule has 0 spiro atoms. The minimum atomic E-state index is -0.433. The van der Waals surface area contributed by atoms with Crippen LogP contribution in [0.5, 0.6) is 11.5 Å². The van der Waals surface area contributed by atoms with Crippen LogP contribution < -0.4 is 14.9 Å². The number of amides is 1. The molecular weight excluding hydrogens is 392 g/mol. The Morgan fingerprint density at radius 1 is 1.10 bits per heavy atom. The van der Waals surface area contributed by atoms with E-state index in [4.69, 9.17) is 13.9 Å². The normalized spacial score (nSPS) is 11.5. The van der Waals surface area contributed by atoms with E-state index < -0.39 is 5.91 Å². The van der Waals surface area contributed by atoms with Gasteiger partial charge in [0.15, 0.2) is 5.76 Å². The van der Waals surface area contributed by atoms with Gasteiger partial charge in [0.05, 0.1) is 18.9 Å². The molecule has 0 unspecified atom stereocenters. The summed E-state index contributed by atoms with van der Waals surface area (Å²) in [5.41, 5.74) is 3.96. The van der Waals surface area contributed by atoms with E-state index >= 15 is 0 Å². The summed E-state index contributed by atoms with van der Waals surface area (Å²) in [6.45, 7) is 6.43. The maximum atomic E-state index is 12.6. The SMILES string of the molecule is CCOc1ccc2oc(C(=O)N/N=C/c3c(OC(C)C)ccc4ccccc34)cc2c1. The van der Waals surface area contributed by atoms with E-state index in [2.05, 4.69) is 10.5 Å². The molecule has 0 radical (unpaired) electrons. The van der Waals surface area contributed by atoms with Crippen LogP contribution in [0.2, 0.25) is 0 Å². The predicted molar refractivity (Wildman–Crippen MR) is 122 cm³/mol. The molecule has 0 fully saturated rings. The van der Waals surface area contributed by atoms with E-state index in [1.807, 2.05) is 69.3 Å². The molecule has 158 valence electrons. The van der Waals surface area contributed by atoms with Gasteiger partial charge in [-0.05, 0) is 61.9 Å². The molecule has 3 aromatic carbocycles. The molecule has 0 aliphatic rings. The summed E-state index contributed by atoms with van der Waals surface area (Å²) in [5, 5.41) is 7.01. The minimum Gasteiger partial charge on any atom is -0.494 e. The monoisotopic (exact) mass is 416 g/mol. The van der Waals surface area contributed by atoms with Gasteiger partial charge >= 0.3 is 5.91 Å². The summed E-state index contributed by atoms with van der Waals surface area (Å²) in [7, 11) is 0. The molecule has 0 atom stereocenters. The predicted octanol–water partition coefficient (Wildman–Crippen LogP) is 5.54. The van der Waals surface area contributed by atoms with Crippen LogP contribution in [0.1, 0.15) is 36.9 Å². The maximum Gasteiger partial charge on any atom is 0.307 e. The first-order chi connectivity index (χ1) is 15.0. The van der Waals surface area contributed by atoms with E-state index in [9.17, 15) is 4.79 Å². The highest BCUT2D eigenvalue weighted by atomic mass is 16.5. The Hall–Kier alpha value is -3.80. The van der Waals surface area contributed by atoms with Gasteiger partial charge in [-0.1, -0.05) is 30.3 Å². The first-order valence-electron chi connectivity index (χ1n) is 10.2. The molecule has 1 aromatic heterocycles. The molecule has 0 aliphatic heterocycles. The van der Waals surface area contributed by atoms with Crippen molar-refractivity contribution in [3.8, 4) is 11.5 Å². The van der Waals surface area contributed by atoms with Crippen molar-refractivity contribution in [1.29, 1.82) is 0 Å². The zero-order chi connectivity index (χ0) is 21.8. The lowest BCUT2D eigenvalue weighted by molar-refractivity contribution is 0.0929. The van der Waals surface area contributed by atoms with Gasteiger partial charge in [0.25, 0.3) is 0 Å². The fraction of sp³-hybridized carbons (Fsp3) is 0.200. The fourth-order valence-corrected chi connectivity index (χ4v) is 3.37. The van der Waals surface area contributed by atoms with Crippen LogP contribution in [0.4, 0.5) is 0 Å². The quantitative estimate of drug-likeness (QED) is 0.317.